The minimum atomic E-state index is 0.525. The topological polar surface area (TPSA) is 18.5 Å². The first kappa shape index (κ1) is 29.7. The largest absolute Gasteiger partial charge is 0.494 e. The molecule has 3 saturated carbocycles. The van der Waals surface area contributed by atoms with Crippen LogP contribution in [0.2, 0.25) is 0 Å². The van der Waals surface area contributed by atoms with Crippen molar-refractivity contribution in [1.82, 2.24) is 0 Å². The van der Waals surface area contributed by atoms with Gasteiger partial charge >= 0.3 is 0 Å². The summed E-state index contributed by atoms with van der Waals surface area (Å²) in [4.78, 5) is 0. The molecule has 0 amide bonds. The Morgan fingerprint density at radius 2 is 1.34 bits per heavy atom. The Morgan fingerprint density at radius 1 is 0.684 bits per heavy atom. The van der Waals surface area contributed by atoms with Crippen LogP contribution in [0.3, 0.4) is 0 Å². The number of rotatable bonds is 15. The average Bonchev–Trinajstić information content (AvgIpc) is 2.96. The first-order chi connectivity index (χ1) is 18.7. The maximum absolute atomic E-state index is 6.25. The Balaban J connectivity index is 0.981. The third-order valence-corrected chi connectivity index (χ3v) is 10.2. The molecule has 0 saturated heterocycles. The second-order valence-corrected chi connectivity index (χ2v) is 13.0. The van der Waals surface area contributed by atoms with E-state index in [0.29, 0.717) is 6.10 Å². The third kappa shape index (κ3) is 10.0. The van der Waals surface area contributed by atoms with E-state index in [1.807, 2.05) is 0 Å². The highest BCUT2D eigenvalue weighted by Gasteiger charge is 2.29. The number of hydrogen-bond acceptors (Lipinski definition) is 2. The lowest BCUT2D eigenvalue weighted by Crippen LogP contribution is -2.27. The van der Waals surface area contributed by atoms with Gasteiger partial charge < -0.3 is 9.47 Å². The van der Waals surface area contributed by atoms with E-state index in [0.717, 1.165) is 49.1 Å². The zero-order valence-corrected chi connectivity index (χ0v) is 24.8. The monoisotopic (exact) mass is 522 g/mol. The number of allylic oxidation sites excluding steroid dienone is 1. The maximum Gasteiger partial charge on any atom is 0.119 e. The van der Waals surface area contributed by atoms with Crippen LogP contribution in [0.25, 0.3) is 0 Å². The van der Waals surface area contributed by atoms with Gasteiger partial charge in [-0.1, -0.05) is 63.3 Å². The Kier molecular flexibility index (Phi) is 13.1. The van der Waals surface area contributed by atoms with Gasteiger partial charge in [-0.15, -0.1) is 0 Å². The molecule has 1 aromatic rings. The van der Waals surface area contributed by atoms with E-state index in [4.69, 9.17) is 9.47 Å². The normalized spacial score (nSPS) is 26.9. The van der Waals surface area contributed by atoms with Gasteiger partial charge in [0.05, 0.1) is 12.7 Å². The van der Waals surface area contributed by atoms with Crippen molar-refractivity contribution in [3.8, 4) is 5.75 Å². The molecule has 2 heteroatoms. The van der Waals surface area contributed by atoms with E-state index in [1.165, 1.54) is 133 Å². The second-order valence-electron chi connectivity index (χ2n) is 13.0. The molecule has 2 nitrogen and oxygen atoms in total. The van der Waals surface area contributed by atoms with Gasteiger partial charge in [0.15, 0.2) is 0 Å². The van der Waals surface area contributed by atoms with Crippen LogP contribution in [0.1, 0.15) is 147 Å². The lowest BCUT2D eigenvalue weighted by molar-refractivity contribution is 0.00740. The Bertz CT molecular complexity index is 757. The Labute approximate surface area is 235 Å². The van der Waals surface area contributed by atoms with Crippen molar-refractivity contribution in [2.75, 3.05) is 13.2 Å². The first-order valence-corrected chi connectivity index (χ1v) is 16.7. The molecule has 0 atom stereocenters. The predicted octanol–water partition coefficient (Wildman–Crippen LogP) is 10.8. The quantitative estimate of drug-likeness (QED) is 0.168. The minimum absolute atomic E-state index is 0.525. The highest BCUT2D eigenvalue weighted by molar-refractivity contribution is 5.29. The summed E-state index contributed by atoms with van der Waals surface area (Å²) in [5, 5.41) is 0. The smallest absolute Gasteiger partial charge is 0.119 e. The fourth-order valence-corrected chi connectivity index (χ4v) is 7.55. The second kappa shape index (κ2) is 16.7. The molecular formula is C36H58O2. The molecule has 3 aliphatic rings. The van der Waals surface area contributed by atoms with Crippen LogP contribution in [0.15, 0.2) is 36.4 Å². The van der Waals surface area contributed by atoms with Gasteiger partial charge in [0.25, 0.3) is 0 Å². The maximum atomic E-state index is 6.25. The molecule has 0 heterocycles. The first-order valence-electron chi connectivity index (χ1n) is 16.7. The molecule has 214 valence electrons. The SMILES string of the molecule is C=C1CCC(C2CCC(OCCCCCCOc3ccc(C4CCC(CCCCC)CC4)cc3)CC2)CC1. The van der Waals surface area contributed by atoms with Crippen molar-refractivity contribution < 1.29 is 9.47 Å². The van der Waals surface area contributed by atoms with E-state index >= 15 is 0 Å². The molecule has 0 N–H and O–H groups in total. The van der Waals surface area contributed by atoms with E-state index in [-0.39, 0.29) is 0 Å². The highest BCUT2D eigenvalue weighted by Crippen LogP contribution is 2.40. The molecule has 4 rings (SSSR count). The van der Waals surface area contributed by atoms with Crippen molar-refractivity contribution >= 4 is 0 Å². The van der Waals surface area contributed by atoms with E-state index in [2.05, 4.69) is 37.8 Å². The number of unbranched alkanes of at least 4 members (excludes halogenated alkanes) is 5. The molecule has 0 radical (unpaired) electrons. The average molecular weight is 523 g/mol. The van der Waals surface area contributed by atoms with Crippen LogP contribution >= 0.6 is 0 Å². The molecule has 1 aromatic carbocycles. The van der Waals surface area contributed by atoms with Gasteiger partial charge in [0.1, 0.15) is 5.75 Å². The van der Waals surface area contributed by atoms with Crippen LogP contribution in [0, 0.1) is 17.8 Å². The van der Waals surface area contributed by atoms with Crippen LogP contribution in [0.4, 0.5) is 0 Å². The summed E-state index contributed by atoms with van der Waals surface area (Å²) >= 11 is 0. The van der Waals surface area contributed by atoms with Gasteiger partial charge in [-0.2, -0.15) is 0 Å². The van der Waals surface area contributed by atoms with Crippen LogP contribution in [-0.4, -0.2) is 19.3 Å². The Morgan fingerprint density at radius 3 is 2.03 bits per heavy atom. The molecular weight excluding hydrogens is 464 g/mol. The zero-order chi connectivity index (χ0) is 26.4. The number of hydrogen-bond donors (Lipinski definition) is 0. The highest BCUT2D eigenvalue weighted by atomic mass is 16.5. The fraction of sp³-hybridized carbons (Fsp3) is 0.778. The molecule has 0 bridgehead atoms. The lowest BCUT2D eigenvalue weighted by Gasteiger charge is -2.36. The van der Waals surface area contributed by atoms with Gasteiger partial charge in [-0.3, -0.25) is 0 Å². The molecule has 3 aliphatic carbocycles. The van der Waals surface area contributed by atoms with Crippen molar-refractivity contribution in [3.05, 3.63) is 42.0 Å². The molecule has 0 spiro atoms. The Hall–Kier alpha value is -1.28. The molecule has 3 fully saturated rings. The summed E-state index contributed by atoms with van der Waals surface area (Å²) in [6.45, 7) is 8.27. The summed E-state index contributed by atoms with van der Waals surface area (Å²) < 4.78 is 12.3. The van der Waals surface area contributed by atoms with Gasteiger partial charge in [-0.05, 0) is 138 Å². The third-order valence-electron chi connectivity index (χ3n) is 10.2. The van der Waals surface area contributed by atoms with Gasteiger partial charge in [0, 0.05) is 6.61 Å². The van der Waals surface area contributed by atoms with Crippen molar-refractivity contribution in [3.63, 3.8) is 0 Å². The summed E-state index contributed by atoms with van der Waals surface area (Å²) in [7, 11) is 0. The van der Waals surface area contributed by atoms with Crippen LogP contribution in [-0.2, 0) is 4.74 Å². The minimum Gasteiger partial charge on any atom is -0.494 e. The molecule has 0 unspecified atom stereocenters. The predicted molar refractivity (Wildman–Crippen MR) is 162 cm³/mol. The summed E-state index contributed by atoms with van der Waals surface area (Å²) in [6.07, 6.45) is 27.3. The van der Waals surface area contributed by atoms with Gasteiger partial charge in [0.2, 0.25) is 0 Å². The summed E-state index contributed by atoms with van der Waals surface area (Å²) in [6, 6.07) is 9.06. The van der Waals surface area contributed by atoms with Crippen LogP contribution in [0.5, 0.6) is 5.75 Å². The van der Waals surface area contributed by atoms with E-state index in [9.17, 15) is 0 Å². The zero-order valence-electron chi connectivity index (χ0n) is 24.8. The molecule has 0 aliphatic heterocycles. The van der Waals surface area contributed by atoms with Gasteiger partial charge in [-0.25, -0.2) is 0 Å². The van der Waals surface area contributed by atoms with Crippen molar-refractivity contribution in [2.45, 2.75) is 147 Å². The summed E-state index contributed by atoms with van der Waals surface area (Å²) in [5.74, 6) is 4.71. The van der Waals surface area contributed by atoms with E-state index in [1.54, 1.807) is 0 Å². The lowest BCUT2D eigenvalue weighted by atomic mass is 9.72. The molecule has 0 aromatic heterocycles. The summed E-state index contributed by atoms with van der Waals surface area (Å²) in [5.41, 5.74) is 3.01. The molecule has 38 heavy (non-hydrogen) atoms. The van der Waals surface area contributed by atoms with E-state index < -0.39 is 0 Å². The van der Waals surface area contributed by atoms with Crippen LogP contribution < -0.4 is 4.74 Å². The van der Waals surface area contributed by atoms with Crippen molar-refractivity contribution in [2.24, 2.45) is 17.8 Å². The number of ether oxygens (including phenoxy) is 2. The fourth-order valence-electron chi connectivity index (χ4n) is 7.55. The van der Waals surface area contributed by atoms with Crippen molar-refractivity contribution in [1.29, 1.82) is 0 Å². The number of benzene rings is 1. The standard InChI is InChI=1S/C36H58O2/c1-3-4-7-10-30-13-17-32(18-14-30)34-21-25-36(26-22-34)38-28-9-6-5-8-27-37-35-23-19-33(20-24-35)31-15-11-29(2)12-16-31/h21-22,25-26,30-33,35H,2-20,23-24,27-28H2,1H3.